The van der Waals surface area contributed by atoms with E-state index < -0.39 is 22.0 Å². The van der Waals surface area contributed by atoms with Gasteiger partial charge in [0.15, 0.2) is 11.5 Å². The molecule has 138 valence electrons. The highest BCUT2D eigenvalue weighted by Crippen LogP contribution is 2.31. The highest BCUT2D eigenvalue weighted by molar-refractivity contribution is 7.89. The minimum Gasteiger partial charge on any atom is -0.485 e. The second-order valence-electron chi connectivity index (χ2n) is 6.12. The first-order chi connectivity index (χ1) is 12.3. The fraction of sp³-hybridized carbons (Fsp3) is 0.278. The average Bonchev–Trinajstić information content (AvgIpc) is 2.62. The van der Waals surface area contributed by atoms with Crippen molar-refractivity contribution < 1.29 is 22.7 Å². The van der Waals surface area contributed by atoms with Crippen LogP contribution in [0.5, 0.6) is 11.5 Å². The maximum absolute atomic E-state index is 12.5. The number of benzene rings is 2. The summed E-state index contributed by atoms with van der Waals surface area (Å²) in [4.78, 5) is 12.7. The minimum atomic E-state index is -3.59. The molecule has 0 aliphatic carbocycles. The van der Waals surface area contributed by atoms with E-state index in [9.17, 15) is 13.2 Å². The van der Waals surface area contributed by atoms with Crippen molar-refractivity contribution in [1.29, 1.82) is 0 Å². The highest BCUT2D eigenvalue weighted by Gasteiger charge is 2.28. The summed E-state index contributed by atoms with van der Waals surface area (Å²) in [6, 6.07) is 11.7. The van der Waals surface area contributed by atoms with E-state index in [0.717, 1.165) is 9.87 Å². The zero-order valence-electron chi connectivity index (χ0n) is 14.7. The molecule has 0 aromatic heterocycles. The van der Waals surface area contributed by atoms with Crippen LogP contribution in [0.1, 0.15) is 5.56 Å². The van der Waals surface area contributed by atoms with Crippen molar-refractivity contribution in [3.8, 4) is 11.5 Å². The standard InChI is InChI=1S/C18H20N2O5S/c1-12-8-9-13(26(22,23)20(2)3)10-14(12)19-18(21)17-11-24-15-6-4-5-7-16(15)25-17/h4-10,17H,11H2,1-3H3,(H,19,21)/t17-/m0/s1. The Morgan fingerprint density at radius 2 is 1.85 bits per heavy atom. The number of fused-ring (bicyclic) bond motifs is 1. The first-order valence-electron chi connectivity index (χ1n) is 8.01. The van der Waals surface area contributed by atoms with Gasteiger partial charge in [0.05, 0.1) is 4.90 Å². The van der Waals surface area contributed by atoms with Crippen molar-refractivity contribution in [3.05, 3.63) is 48.0 Å². The third kappa shape index (κ3) is 3.51. The van der Waals surface area contributed by atoms with Crippen LogP contribution in [0.2, 0.25) is 0 Å². The van der Waals surface area contributed by atoms with Gasteiger partial charge in [-0.15, -0.1) is 0 Å². The number of sulfonamides is 1. The Hall–Kier alpha value is -2.58. The zero-order valence-corrected chi connectivity index (χ0v) is 15.5. The van der Waals surface area contributed by atoms with Crippen LogP contribution in [0.15, 0.2) is 47.4 Å². The van der Waals surface area contributed by atoms with E-state index >= 15 is 0 Å². The van der Waals surface area contributed by atoms with Crippen LogP contribution in [-0.2, 0) is 14.8 Å². The monoisotopic (exact) mass is 376 g/mol. The predicted octanol–water partition coefficient (Wildman–Crippen LogP) is 2.02. The minimum absolute atomic E-state index is 0.0809. The molecule has 1 aliphatic rings. The number of ether oxygens (including phenoxy) is 2. The molecule has 0 saturated carbocycles. The van der Waals surface area contributed by atoms with Crippen LogP contribution in [0, 0.1) is 6.92 Å². The van der Waals surface area contributed by atoms with Crippen LogP contribution in [0.4, 0.5) is 5.69 Å². The Balaban J connectivity index is 1.80. The number of carbonyl (C=O) groups is 1. The number of aryl methyl sites for hydroxylation is 1. The summed E-state index contributed by atoms with van der Waals surface area (Å²) in [7, 11) is -0.678. The van der Waals surface area contributed by atoms with E-state index in [1.165, 1.54) is 26.2 Å². The summed E-state index contributed by atoms with van der Waals surface area (Å²) in [6.45, 7) is 1.87. The van der Waals surface area contributed by atoms with Gasteiger partial charge >= 0.3 is 0 Å². The summed E-state index contributed by atoms with van der Waals surface area (Å²) in [6.07, 6.45) is -0.821. The van der Waals surface area contributed by atoms with Crippen molar-refractivity contribution in [2.45, 2.75) is 17.9 Å². The number of carbonyl (C=O) groups excluding carboxylic acids is 1. The molecule has 1 aliphatic heterocycles. The highest BCUT2D eigenvalue weighted by atomic mass is 32.2. The summed E-state index contributed by atoms with van der Waals surface area (Å²) >= 11 is 0. The van der Waals surface area contributed by atoms with Crippen LogP contribution in [-0.4, -0.2) is 45.4 Å². The van der Waals surface area contributed by atoms with Gasteiger partial charge in [-0.2, -0.15) is 0 Å². The normalized spacial score (nSPS) is 16.4. The van der Waals surface area contributed by atoms with Crippen LogP contribution >= 0.6 is 0 Å². The molecule has 8 heteroatoms. The van der Waals surface area contributed by atoms with Gasteiger partial charge in [-0.25, -0.2) is 12.7 Å². The second-order valence-corrected chi connectivity index (χ2v) is 8.27. The lowest BCUT2D eigenvalue weighted by atomic mass is 10.2. The number of nitrogens with zero attached hydrogens (tertiary/aromatic N) is 1. The number of nitrogens with one attached hydrogen (secondary N) is 1. The van der Waals surface area contributed by atoms with Gasteiger partial charge in [0.2, 0.25) is 16.1 Å². The van der Waals surface area contributed by atoms with Crippen LogP contribution < -0.4 is 14.8 Å². The molecular weight excluding hydrogens is 356 g/mol. The van der Waals surface area contributed by atoms with Gasteiger partial charge in [0.25, 0.3) is 5.91 Å². The number of hydrogen-bond donors (Lipinski definition) is 1. The van der Waals surface area contributed by atoms with Gasteiger partial charge in [0.1, 0.15) is 6.61 Å². The lowest BCUT2D eigenvalue weighted by Gasteiger charge is -2.25. The van der Waals surface area contributed by atoms with E-state index in [0.29, 0.717) is 17.2 Å². The molecule has 2 aromatic carbocycles. The molecule has 1 N–H and O–H groups in total. The van der Waals surface area contributed by atoms with E-state index in [4.69, 9.17) is 9.47 Å². The Kier molecular flexibility index (Phi) is 4.88. The zero-order chi connectivity index (χ0) is 18.9. The van der Waals surface area contributed by atoms with Crippen molar-refractivity contribution in [3.63, 3.8) is 0 Å². The summed E-state index contributed by atoms with van der Waals surface area (Å²) in [5.41, 5.74) is 1.16. The Morgan fingerprint density at radius 3 is 2.54 bits per heavy atom. The molecule has 0 bridgehead atoms. The van der Waals surface area contributed by atoms with E-state index in [1.807, 2.05) is 6.07 Å². The largest absolute Gasteiger partial charge is 0.485 e. The topological polar surface area (TPSA) is 84.9 Å². The lowest BCUT2D eigenvalue weighted by Crippen LogP contribution is -2.40. The second kappa shape index (κ2) is 6.97. The number of rotatable bonds is 4. The number of anilines is 1. The third-order valence-corrected chi connectivity index (χ3v) is 5.86. The quantitative estimate of drug-likeness (QED) is 0.882. The van der Waals surface area contributed by atoms with Crippen molar-refractivity contribution in [2.24, 2.45) is 0 Å². The molecule has 0 spiro atoms. The van der Waals surface area contributed by atoms with Gasteiger partial charge in [-0.05, 0) is 36.8 Å². The molecule has 26 heavy (non-hydrogen) atoms. The molecule has 0 unspecified atom stereocenters. The van der Waals surface area contributed by atoms with Crippen molar-refractivity contribution >= 4 is 21.6 Å². The molecule has 3 rings (SSSR count). The molecule has 2 aromatic rings. The molecule has 1 heterocycles. The van der Waals surface area contributed by atoms with E-state index in [2.05, 4.69) is 5.32 Å². The predicted molar refractivity (Wildman–Crippen MR) is 97.0 cm³/mol. The number of para-hydroxylation sites is 2. The number of hydrogen-bond acceptors (Lipinski definition) is 5. The smallest absolute Gasteiger partial charge is 0.269 e. The Labute approximate surface area is 152 Å². The van der Waals surface area contributed by atoms with Gasteiger partial charge in [-0.3, -0.25) is 4.79 Å². The molecule has 0 fully saturated rings. The molecule has 0 radical (unpaired) electrons. The van der Waals surface area contributed by atoms with Gasteiger partial charge in [0, 0.05) is 19.8 Å². The maximum atomic E-state index is 12.5. The molecule has 0 saturated heterocycles. The van der Waals surface area contributed by atoms with Gasteiger partial charge in [-0.1, -0.05) is 18.2 Å². The first kappa shape index (κ1) is 18.2. The first-order valence-corrected chi connectivity index (χ1v) is 9.45. The summed E-state index contributed by atoms with van der Waals surface area (Å²) in [5, 5.41) is 2.74. The molecule has 1 atom stereocenters. The lowest BCUT2D eigenvalue weighted by molar-refractivity contribution is -0.125. The van der Waals surface area contributed by atoms with Crippen LogP contribution in [0.25, 0.3) is 0 Å². The molecule has 1 amide bonds. The summed E-state index contributed by atoms with van der Waals surface area (Å²) in [5.74, 6) is 0.688. The van der Waals surface area contributed by atoms with Gasteiger partial charge < -0.3 is 14.8 Å². The molecular formula is C18H20N2O5S. The fourth-order valence-electron chi connectivity index (χ4n) is 2.47. The van der Waals surface area contributed by atoms with E-state index in [1.54, 1.807) is 31.2 Å². The maximum Gasteiger partial charge on any atom is 0.269 e. The molecule has 7 nitrogen and oxygen atoms in total. The Bertz CT molecular complexity index is 940. The van der Waals surface area contributed by atoms with E-state index in [-0.39, 0.29) is 11.5 Å². The fourth-order valence-corrected chi connectivity index (χ4v) is 3.40. The van der Waals surface area contributed by atoms with Crippen molar-refractivity contribution in [1.82, 2.24) is 4.31 Å². The SMILES string of the molecule is Cc1ccc(S(=O)(=O)N(C)C)cc1NC(=O)[C@@H]1COc2ccccc2O1. The van der Waals surface area contributed by atoms with Crippen molar-refractivity contribution in [2.75, 3.05) is 26.0 Å². The summed E-state index contributed by atoms with van der Waals surface area (Å²) < 4.78 is 36.9. The number of amides is 1. The van der Waals surface area contributed by atoms with Crippen LogP contribution in [0.3, 0.4) is 0 Å². The Morgan fingerprint density at radius 1 is 1.15 bits per heavy atom. The third-order valence-electron chi connectivity index (χ3n) is 4.05. The average molecular weight is 376 g/mol.